The maximum atomic E-state index is 10.8. The molecule has 0 spiro atoms. The summed E-state index contributed by atoms with van der Waals surface area (Å²) >= 11 is 0. The molecule has 1 N–H and O–H groups in total. The van der Waals surface area contributed by atoms with Gasteiger partial charge in [0.15, 0.2) is 5.69 Å². The van der Waals surface area contributed by atoms with Gasteiger partial charge in [0, 0.05) is 12.1 Å². The molecule has 0 atom stereocenters. The summed E-state index contributed by atoms with van der Waals surface area (Å²) in [6, 6.07) is 0. The average molecular weight is 235 g/mol. The molecule has 0 saturated carbocycles. The van der Waals surface area contributed by atoms with Gasteiger partial charge in [-0.1, -0.05) is 6.08 Å². The van der Waals surface area contributed by atoms with Gasteiger partial charge in [0.1, 0.15) is 5.82 Å². The van der Waals surface area contributed by atoms with Crippen molar-refractivity contribution in [2.75, 3.05) is 11.4 Å². The van der Waals surface area contributed by atoms with E-state index in [1.807, 2.05) is 25.7 Å². The van der Waals surface area contributed by atoms with Crippen LogP contribution in [0.1, 0.15) is 31.3 Å². The number of hydrogen-bond donors (Lipinski definition) is 1. The zero-order valence-corrected chi connectivity index (χ0v) is 10.3. The molecule has 92 valence electrons. The van der Waals surface area contributed by atoms with Gasteiger partial charge in [0.25, 0.3) is 0 Å². The summed E-state index contributed by atoms with van der Waals surface area (Å²) in [5.41, 5.74) is -0.235. The van der Waals surface area contributed by atoms with Gasteiger partial charge in [0.05, 0.1) is 12.4 Å². The number of hydrogen-bond acceptors (Lipinski definition) is 4. The first-order chi connectivity index (χ1) is 7.86. The SMILES string of the molecule is C=CCN(c1cncc(C(=O)O)n1)C(C)(C)C. The van der Waals surface area contributed by atoms with E-state index < -0.39 is 5.97 Å². The van der Waals surface area contributed by atoms with Crippen molar-refractivity contribution in [3.05, 3.63) is 30.7 Å². The second kappa shape index (κ2) is 4.95. The number of nitrogens with zero attached hydrogens (tertiary/aromatic N) is 3. The standard InChI is InChI=1S/C12H17N3O2/c1-5-6-15(12(2,3)4)10-8-13-7-9(14-10)11(16)17/h5,7-8H,1,6H2,2-4H3,(H,16,17). The molecule has 5 nitrogen and oxygen atoms in total. The van der Waals surface area contributed by atoms with Crippen molar-refractivity contribution in [3.8, 4) is 0 Å². The van der Waals surface area contributed by atoms with Crippen LogP contribution in [-0.4, -0.2) is 33.1 Å². The summed E-state index contributed by atoms with van der Waals surface area (Å²) in [6.07, 6.45) is 4.54. The number of aromatic carboxylic acids is 1. The van der Waals surface area contributed by atoms with Gasteiger partial charge in [-0.2, -0.15) is 0 Å². The first-order valence-electron chi connectivity index (χ1n) is 5.30. The highest BCUT2D eigenvalue weighted by molar-refractivity contribution is 5.85. The van der Waals surface area contributed by atoms with Crippen LogP contribution < -0.4 is 4.90 Å². The van der Waals surface area contributed by atoms with Crippen LogP contribution in [0.2, 0.25) is 0 Å². The molecule has 17 heavy (non-hydrogen) atoms. The zero-order chi connectivity index (χ0) is 13.1. The summed E-state index contributed by atoms with van der Waals surface area (Å²) in [5.74, 6) is -0.538. The molecule has 0 saturated heterocycles. The Labute approximate surface area is 101 Å². The monoisotopic (exact) mass is 235 g/mol. The zero-order valence-electron chi connectivity index (χ0n) is 10.3. The molecule has 0 unspecified atom stereocenters. The molecule has 5 heteroatoms. The van der Waals surface area contributed by atoms with Crippen LogP contribution >= 0.6 is 0 Å². The van der Waals surface area contributed by atoms with E-state index in [2.05, 4.69) is 16.5 Å². The summed E-state index contributed by atoms with van der Waals surface area (Å²) in [4.78, 5) is 20.8. The Morgan fingerprint density at radius 2 is 2.18 bits per heavy atom. The molecule has 0 aromatic carbocycles. The highest BCUT2D eigenvalue weighted by Crippen LogP contribution is 2.20. The lowest BCUT2D eigenvalue weighted by Gasteiger charge is -2.35. The number of aromatic nitrogens is 2. The molecule has 0 radical (unpaired) electrons. The molecule has 0 bridgehead atoms. The average Bonchev–Trinajstić information content (AvgIpc) is 2.24. The van der Waals surface area contributed by atoms with Gasteiger partial charge in [-0.3, -0.25) is 4.98 Å². The summed E-state index contributed by atoms with van der Waals surface area (Å²) in [5, 5.41) is 8.88. The van der Waals surface area contributed by atoms with Gasteiger partial charge in [-0.15, -0.1) is 6.58 Å². The van der Waals surface area contributed by atoms with Crippen LogP contribution in [0.5, 0.6) is 0 Å². The van der Waals surface area contributed by atoms with Crippen LogP contribution in [0, 0.1) is 0 Å². The minimum absolute atomic E-state index is 0.0548. The molecule has 1 aromatic heterocycles. The van der Waals surface area contributed by atoms with Crippen molar-refractivity contribution < 1.29 is 9.90 Å². The fourth-order valence-corrected chi connectivity index (χ4v) is 1.43. The number of carbonyl (C=O) groups is 1. The molecule has 0 aliphatic rings. The molecule has 1 rings (SSSR count). The van der Waals surface area contributed by atoms with Gasteiger partial charge < -0.3 is 10.0 Å². The molecule has 0 fully saturated rings. The highest BCUT2D eigenvalue weighted by Gasteiger charge is 2.22. The Morgan fingerprint density at radius 3 is 2.65 bits per heavy atom. The minimum atomic E-state index is -1.08. The van der Waals surface area contributed by atoms with E-state index in [0.717, 1.165) is 0 Å². The molecule has 1 aromatic rings. The number of rotatable bonds is 4. The number of anilines is 1. The lowest BCUT2D eigenvalue weighted by atomic mass is 10.1. The van der Waals surface area contributed by atoms with E-state index in [0.29, 0.717) is 12.4 Å². The van der Waals surface area contributed by atoms with E-state index in [-0.39, 0.29) is 11.2 Å². The van der Waals surface area contributed by atoms with Crippen LogP contribution in [0.25, 0.3) is 0 Å². The van der Waals surface area contributed by atoms with Crippen molar-refractivity contribution >= 4 is 11.8 Å². The lowest BCUT2D eigenvalue weighted by molar-refractivity contribution is 0.0690. The quantitative estimate of drug-likeness (QED) is 0.808. The summed E-state index contributed by atoms with van der Waals surface area (Å²) in [6.45, 7) is 10.3. The summed E-state index contributed by atoms with van der Waals surface area (Å²) < 4.78 is 0. The maximum Gasteiger partial charge on any atom is 0.356 e. The van der Waals surface area contributed by atoms with E-state index in [1.54, 1.807) is 12.3 Å². The van der Waals surface area contributed by atoms with Crippen LogP contribution in [0.3, 0.4) is 0 Å². The normalized spacial score (nSPS) is 11.0. The van der Waals surface area contributed by atoms with E-state index >= 15 is 0 Å². The van der Waals surface area contributed by atoms with Crippen LogP contribution in [0.4, 0.5) is 5.82 Å². The highest BCUT2D eigenvalue weighted by atomic mass is 16.4. The van der Waals surface area contributed by atoms with Crippen molar-refractivity contribution in [3.63, 3.8) is 0 Å². The van der Waals surface area contributed by atoms with Crippen molar-refractivity contribution in [1.29, 1.82) is 0 Å². The van der Waals surface area contributed by atoms with Gasteiger partial charge in [-0.05, 0) is 20.8 Å². The second-order valence-corrected chi connectivity index (χ2v) is 4.64. The Morgan fingerprint density at radius 1 is 1.53 bits per heavy atom. The fourth-order valence-electron chi connectivity index (χ4n) is 1.43. The Bertz CT molecular complexity index is 424. The van der Waals surface area contributed by atoms with Gasteiger partial charge in [-0.25, -0.2) is 9.78 Å². The third-order valence-electron chi connectivity index (χ3n) is 2.24. The first-order valence-corrected chi connectivity index (χ1v) is 5.30. The Balaban J connectivity index is 3.14. The Hall–Kier alpha value is -1.91. The predicted octanol–water partition coefficient (Wildman–Crippen LogP) is 1.97. The van der Waals surface area contributed by atoms with Crippen LogP contribution in [0.15, 0.2) is 25.0 Å². The smallest absolute Gasteiger partial charge is 0.356 e. The van der Waals surface area contributed by atoms with Gasteiger partial charge >= 0.3 is 5.97 Å². The maximum absolute atomic E-state index is 10.8. The minimum Gasteiger partial charge on any atom is -0.476 e. The molecule has 1 heterocycles. The van der Waals surface area contributed by atoms with Crippen molar-refractivity contribution in [1.82, 2.24) is 9.97 Å². The van der Waals surface area contributed by atoms with Crippen LogP contribution in [-0.2, 0) is 0 Å². The van der Waals surface area contributed by atoms with Gasteiger partial charge in [0.2, 0.25) is 0 Å². The fraction of sp³-hybridized carbons (Fsp3) is 0.417. The molecular formula is C12H17N3O2. The second-order valence-electron chi connectivity index (χ2n) is 4.64. The van der Waals surface area contributed by atoms with E-state index in [4.69, 9.17) is 5.11 Å². The molecule has 0 aliphatic carbocycles. The molecule has 0 aliphatic heterocycles. The topological polar surface area (TPSA) is 66.3 Å². The Kier molecular flexibility index (Phi) is 3.83. The third kappa shape index (κ3) is 3.27. The number of carboxylic acid groups (broad SMARTS) is 1. The van der Waals surface area contributed by atoms with E-state index in [9.17, 15) is 4.79 Å². The lowest BCUT2D eigenvalue weighted by Crippen LogP contribution is -2.42. The number of carboxylic acids is 1. The first kappa shape index (κ1) is 13.2. The van der Waals surface area contributed by atoms with Crippen molar-refractivity contribution in [2.45, 2.75) is 26.3 Å². The van der Waals surface area contributed by atoms with E-state index in [1.165, 1.54) is 6.20 Å². The van der Waals surface area contributed by atoms with Crippen molar-refractivity contribution in [2.24, 2.45) is 0 Å². The molecule has 0 amide bonds. The largest absolute Gasteiger partial charge is 0.476 e. The third-order valence-corrected chi connectivity index (χ3v) is 2.24. The molecular weight excluding hydrogens is 218 g/mol. The summed E-state index contributed by atoms with van der Waals surface area (Å²) in [7, 11) is 0. The predicted molar refractivity (Wildman–Crippen MR) is 66.3 cm³/mol.